The summed E-state index contributed by atoms with van der Waals surface area (Å²) in [4.78, 5) is 42.6. The standard InChI is InChI=1S/C27H22ClN3O4/c1-15-4-9-18(10-5-15)29-23-22(25(33)35-3)27(20-14-17(28)8-13-21(20)30-26(27)34)31(24(23)32)19-11-6-16(2)7-12-19/h4-14,29H,1-3H3,(H,30,34). The molecule has 0 aliphatic carbocycles. The Hall–Kier alpha value is -4.10. The number of amides is 2. The maximum absolute atomic E-state index is 14.1. The maximum atomic E-state index is 14.1. The van der Waals surface area contributed by atoms with Crippen molar-refractivity contribution in [2.24, 2.45) is 0 Å². The van der Waals surface area contributed by atoms with Crippen LogP contribution in [0.25, 0.3) is 0 Å². The van der Waals surface area contributed by atoms with Crippen molar-refractivity contribution in [3.8, 4) is 0 Å². The summed E-state index contributed by atoms with van der Waals surface area (Å²) in [5, 5.41) is 6.28. The van der Waals surface area contributed by atoms with Gasteiger partial charge >= 0.3 is 5.97 Å². The van der Waals surface area contributed by atoms with E-state index < -0.39 is 23.3 Å². The van der Waals surface area contributed by atoms with Crippen LogP contribution in [0.5, 0.6) is 0 Å². The second-order valence-corrected chi connectivity index (χ2v) is 9.00. The SMILES string of the molecule is COC(=O)C1=C(Nc2ccc(C)cc2)C(=O)N(c2ccc(C)cc2)C12C(=O)Nc1ccc(Cl)cc12. The number of hydrogen-bond donors (Lipinski definition) is 2. The van der Waals surface area contributed by atoms with E-state index in [2.05, 4.69) is 10.6 Å². The molecular weight excluding hydrogens is 466 g/mol. The molecule has 2 N–H and O–H groups in total. The van der Waals surface area contributed by atoms with E-state index in [-0.39, 0.29) is 11.3 Å². The number of anilines is 3. The molecule has 35 heavy (non-hydrogen) atoms. The molecule has 0 saturated carbocycles. The summed E-state index contributed by atoms with van der Waals surface area (Å²) < 4.78 is 5.12. The summed E-state index contributed by atoms with van der Waals surface area (Å²) in [7, 11) is 1.22. The van der Waals surface area contributed by atoms with Crippen molar-refractivity contribution in [3.05, 3.63) is 99.7 Å². The number of nitrogens with zero attached hydrogens (tertiary/aromatic N) is 1. The number of esters is 1. The van der Waals surface area contributed by atoms with Crippen molar-refractivity contribution in [1.82, 2.24) is 0 Å². The van der Waals surface area contributed by atoms with E-state index in [1.54, 1.807) is 42.5 Å². The second kappa shape index (κ2) is 8.29. The quantitative estimate of drug-likeness (QED) is 0.521. The van der Waals surface area contributed by atoms with Gasteiger partial charge in [0.15, 0.2) is 5.54 Å². The van der Waals surface area contributed by atoms with E-state index in [1.807, 2.05) is 38.1 Å². The summed E-state index contributed by atoms with van der Waals surface area (Å²) in [6.07, 6.45) is 0. The number of ether oxygens (including phenoxy) is 1. The molecule has 3 aromatic rings. The molecule has 0 radical (unpaired) electrons. The van der Waals surface area contributed by atoms with Crippen LogP contribution in [0.3, 0.4) is 0 Å². The summed E-state index contributed by atoms with van der Waals surface area (Å²) in [5.41, 5.74) is 1.95. The molecule has 1 unspecified atom stereocenters. The molecule has 0 bridgehead atoms. The first kappa shape index (κ1) is 22.7. The lowest BCUT2D eigenvalue weighted by Crippen LogP contribution is -2.52. The van der Waals surface area contributed by atoms with E-state index in [0.29, 0.717) is 27.6 Å². The predicted molar refractivity (Wildman–Crippen MR) is 134 cm³/mol. The monoisotopic (exact) mass is 487 g/mol. The van der Waals surface area contributed by atoms with Gasteiger partial charge in [-0.2, -0.15) is 0 Å². The molecule has 1 spiro atoms. The number of carbonyl (C=O) groups excluding carboxylic acids is 3. The number of rotatable bonds is 4. The van der Waals surface area contributed by atoms with Gasteiger partial charge in [0.2, 0.25) is 0 Å². The number of carbonyl (C=O) groups is 3. The van der Waals surface area contributed by atoms with Gasteiger partial charge in [-0.15, -0.1) is 0 Å². The molecule has 2 heterocycles. The molecule has 0 fully saturated rings. The minimum Gasteiger partial charge on any atom is -0.466 e. The minimum atomic E-state index is -1.81. The highest BCUT2D eigenvalue weighted by atomic mass is 35.5. The van der Waals surface area contributed by atoms with E-state index in [9.17, 15) is 14.4 Å². The van der Waals surface area contributed by atoms with Crippen LogP contribution < -0.4 is 15.5 Å². The summed E-state index contributed by atoms with van der Waals surface area (Å²) in [6.45, 7) is 3.87. The topological polar surface area (TPSA) is 87.7 Å². The molecule has 2 aliphatic heterocycles. The fourth-order valence-electron chi connectivity index (χ4n) is 4.65. The van der Waals surface area contributed by atoms with Crippen molar-refractivity contribution in [2.45, 2.75) is 19.4 Å². The lowest BCUT2D eigenvalue weighted by molar-refractivity contribution is -0.138. The van der Waals surface area contributed by atoms with Gasteiger partial charge in [-0.1, -0.05) is 47.0 Å². The molecule has 5 rings (SSSR count). The third-order valence-electron chi connectivity index (χ3n) is 6.31. The highest BCUT2D eigenvalue weighted by Gasteiger charge is 2.64. The number of hydrogen-bond acceptors (Lipinski definition) is 5. The first-order chi connectivity index (χ1) is 16.8. The van der Waals surface area contributed by atoms with Gasteiger partial charge in [-0.05, 0) is 56.3 Å². The lowest BCUT2D eigenvalue weighted by atomic mass is 9.83. The van der Waals surface area contributed by atoms with Crippen molar-refractivity contribution in [1.29, 1.82) is 0 Å². The molecule has 0 saturated heterocycles. The average molecular weight is 488 g/mol. The van der Waals surface area contributed by atoms with Crippen LogP contribution >= 0.6 is 11.6 Å². The first-order valence-corrected chi connectivity index (χ1v) is 11.3. The fraction of sp³-hybridized carbons (Fsp3) is 0.148. The van der Waals surface area contributed by atoms with Crippen LogP contribution in [-0.4, -0.2) is 24.9 Å². The maximum Gasteiger partial charge on any atom is 0.339 e. The molecule has 3 aromatic carbocycles. The number of aryl methyl sites for hydroxylation is 2. The highest BCUT2D eigenvalue weighted by Crippen LogP contribution is 2.53. The molecule has 2 amide bonds. The largest absolute Gasteiger partial charge is 0.466 e. The van der Waals surface area contributed by atoms with Gasteiger partial charge in [0.1, 0.15) is 11.3 Å². The van der Waals surface area contributed by atoms with Gasteiger partial charge < -0.3 is 15.4 Å². The van der Waals surface area contributed by atoms with E-state index in [0.717, 1.165) is 11.1 Å². The Kier molecular flexibility index (Phi) is 5.37. The molecular formula is C27H22ClN3O4. The van der Waals surface area contributed by atoms with Crippen LogP contribution in [0.2, 0.25) is 5.02 Å². The van der Waals surface area contributed by atoms with Crippen LogP contribution in [0, 0.1) is 13.8 Å². The van der Waals surface area contributed by atoms with E-state index in [1.165, 1.54) is 12.0 Å². The van der Waals surface area contributed by atoms with Gasteiger partial charge in [-0.25, -0.2) is 4.79 Å². The van der Waals surface area contributed by atoms with Gasteiger partial charge in [0, 0.05) is 27.6 Å². The summed E-state index contributed by atoms with van der Waals surface area (Å²) in [6, 6.07) is 19.4. The van der Waals surface area contributed by atoms with Crippen LogP contribution in [0.15, 0.2) is 78.0 Å². The summed E-state index contributed by atoms with van der Waals surface area (Å²) in [5.74, 6) is -1.90. The number of methoxy groups -OCH3 is 1. The zero-order chi connectivity index (χ0) is 24.9. The smallest absolute Gasteiger partial charge is 0.339 e. The number of fused-ring (bicyclic) bond motifs is 2. The van der Waals surface area contributed by atoms with E-state index in [4.69, 9.17) is 16.3 Å². The Morgan fingerprint density at radius 3 is 2.23 bits per heavy atom. The molecule has 8 heteroatoms. The van der Waals surface area contributed by atoms with Crippen LogP contribution in [0.1, 0.15) is 16.7 Å². The highest BCUT2D eigenvalue weighted by molar-refractivity contribution is 6.32. The Labute approximate surface area is 207 Å². The molecule has 2 aliphatic rings. The third kappa shape index (κ3) is 3.39. The first-order valence-electron chi connectivity index (χ1n) is 11.0. The molecule has 176 valence electrons. The number of benzene rings is 3. The second-order valence-electron chi connectivity index (χ2n) is 8.56. The Morgan fingerprint density at radius 2 is 1.60 bits per heavy atom. The van der Waals surface area contributed by atoms with Gasteiger partial charge in [-0.3, -0.25) is 14.5 Å². The Bertz CT molecular complexity index is 1410. The zero-order valence-corrected chi connectivity index (χ0v) is 20.1. The normalized spacial score (nSPS) is 18.7. The van der Waals surface area contributed by atoms with Gasteiger partial charge in [0.25, 0.3) is 11.8 Å². The predicted octanol–water partition coefficient (Wildman–Crippen LogP) is 4.69. The fourth-order valence-corrected chi connectivity index (χ4v) is 4.82. The van der Waals surface area contributed by atoms with Gasteiger partial charge in [0.05, 0.1) is 7.11 Å². The zero-order valence-electron chi connectivity index (χ0n) is 19.3. The molecule has 7 nitrogen and oxygen atoms in total. The Balaban J connectivity index is 1.82. The van der Waals surface area contributed by atoms with Crippen LogP contribution in [-0.2, 0) is 24.7 Å². The van der Waals surface area contributed by atoms with Crippen molar-refractivity contribution >= 4 is 46.4 Å². The third-order valence-corrected chi connectivity index (χ3v) is 6.55. The van der Waals surface area contributed by atoms with Crippen LogP contribution in [0.4, 0.5) is 17.1 Å². The lowest BCUT2D eigenvalue weighted by Gasteiger charge is -2.35. The average Bonchev–Trinajstić information content (AvgIpc) is 3.26. The molecule has 0 aromatic heterocycles. The minimum absolute atomic E-state index is 0.0377. The van der Waals surface area contributed by atoms with Crippen molar-refractivity contribution < 1.29 is 19.1 Å². The summed E-state index contributed by atoms with van der Waals surface area (Å²) >= 11 is 6.34. The van der Waals surface area contributed by atoms with E-state index >= 15 is 0 Å². The Morgan fingerprint density at radius 1 is 0.971 bits per heavy atom. The number of nitrogens with one attached hydrogen (secondary N) is 2. The van der Waals surface area contributed by atoms with Crippen molar-refractivity contribution in [2.75, 3.05) is 22.6 Å². The van der Waals surface area contributed by atoms with Crippen molar-refractivity contribution in [3.63, 3.8) is 0 Å². The number of halogens is 1. The molecule has 1 atom stereocenters.